The first kappa shape index (κ1) is 10.3. The van der Waals surface area contributed by atoms with Crippen LogP contribution in [0.4, 0.5) is 10.1 Å². The smallest absolute Gasteiger partial charge is 0.160 e. The maximum absolute atomic E-state index is 13.4. The summed E-state index contributed by atoms with van der Waals surface area (Å²) in [5.41, 5.74) is 6.46. The van der Waals surface area contributed by atoms with Gasteiger partial charge in [-0.2, -0.15) is 5.10 Å². The zero-order valence-electron chi connectivity index (χ0n) is 9.52. The number of para-hydroxylation sites is 1. The van der Waals surface area contributed by atoms with Crippen LogP contribution < -0.4 is 5.73 Å². The first-order chi connectivity index (χ1) is 8.16. The minimum Gasteiger partial charge on any atom is -0.396 e. The molecule has 4 nitrogen and oxygen atoms in total. The van der Waals surface area contributed by atoms with Gasteiger partial charge in [0.25, 0.3) is 0 Å². The molecule has 0 saturated heterocycles. The van der Waals surface area contributed by atoms with Crippen LogP contribution in [0, 0.1) is 5.82 Å². The van der Waals surface area contributed by atoms with Gasteiger partial charge in [-0.05, 0) is 25.0 Å². The Labute approximate surface area is 98.3 Å². The molecule has 1 aliphatic rings. The van der Waals surface area contributed by atoms with Crippen molar-refractivity contribution in [2.24, 2.45) is 7.05 Å². The van der Waals surface area contributed by atoms with Crippen molar-refractivity contribution in [2.75, 3.05) is 5.73 Å². The standard InChI is InChI=1S/C12H13FN4/c1-17-12(15-11(16-17)7-5-6-7)8-3-2-4-9(13)10(8)14/h2-4,7H,5-6,14H2,1H3. The van der Waals surface area contributed by atoms with Crippen molar-refractivity contribution in [3.8, 4) is 11.4 Å². The summed E-state index contributed by atoms with van der Waals surface area (Å²) >= 11 is 0. The van der Waals surface area contributed by atoms with Gasteiger partial charge in [0.05, 0.1) is 5.69 Å². The normalized spacial score (nSPS) is 15.2. The summed E-state index contributed by atoms with van der Waals surface area (Å²) in [5, 5.41) is 4.35. The number of halogens is 1. The lowest BCUT2D eigenvalue weighted by Gasteiger charge is -2.04. The molecule has 5 heteroatoms. The lowest BCUT2D eigenvalue weighted by Crippen LogP contribution is -1.99. The number of rotatable bonds is 2. The number of aromatic nitrogens is 3. The van der Waals surface area contributed by atoms with Gasteiger partial charge in [-0.1, -0.05) is 6.07 Å². The van der Waals surface area contributed by atoms with E-state index < -0.39 is 5.82 Å². The Morgan fingerprint density at radius 1 is 1.41 bits per heavy atom. The van der Waals surface area contributed by atoms with E-state index in [0.29, 0.717) is 17.3 Å². The molecule has 0 aliphatic heterocycles. The van der Waals surface area contributed by atoms with Crippen LogP contribution in [0.15, 0.2) is 18.2 Å². The molecule has 0 atom stereocenters. The highest BCUT2D eigenvalue weighted by Gasteiger charge is 2.29. The number of nitrogens with zero attached hydrogens (tertiary/aromatic N) is 3. The van der Waals surface area contributed by atoms with E-state index in [1.165, 1.54) is 6.07 Å². The summed E-state index contributed by atoms with van der Waals surface area (Å²) in [6.45, 7) is 0. The second-order valence-electron chi connectivity index (χ2n) is 4.39. The Bertz CT molecular complexity index is 572. The molecule has 1 fully saturated rings. The van der Waals surface area contributed by atoms with E-state index in [9.17, 15) is 4.39 Å². The zero-order chi connectivity index (χ0) is 12.0. The summed E-state index contributed by atoms with van der Waals surface area (Å²) in [5.74, 6) is 1.53. The molecule has 0 bridgehead atoms. The maximum Gasteiger partial charge on any atom is 0.160 e. The fraction of sp³-hybridized carbons (Fsp3) is 0.333. The molecule has 1 aromatic carbocycles. The number of anilines is 1. The van der Waals surface area contributed by atoms with Crippen LogP contribution in [0.2, 0.25) is 0 Å². The van der Waals surface area contributed by atoms with Crippen molar-refractivity contribution in [3.05, 3.63) is 29.8 Å². The van der Waals surface area contributed by atoms with Gasteiger partial charge in [-0.15, -0.1) is 0 Å². The summed E-state index contributed by atoms with van der Waals surface area (Å²) in [4.78, 5) is 4.45. The van der Waals surface area contributed by atoms with Crippen molar-refractivity contribution in [2.45, 2.75) is 18.8 Å². The summed E-state index contributed by atoms with van der Waals surface area (Å²) in [7, 11) is 1.80. The molecule has 0 spiro atoms. The van der Waals surface area contributed by atoms with Gasteiger partial charge < -0.3 is 5.73 Å². The minimum absolute atomic E-state index is 0.130. The van der Waals surface area contributed by atoms with E-state index >= 15 is 0 Å². The first-order valence-corrected chi connectivity index (χ1v) is 5.62. The van der Waals surface area contributed by atoms with Gasteiger partial charge in [-0.3, -0.25) is 0 Å². The molecule has 17 heavy (non-hydrogen) atoms. The molecule has 0 radical (unpaired) electrons. The fourth-order valence-electron chi connectivity index (χ4n) is 1.89. The van der Waals surface area contributed by atoms with Crippen molar-refractivity contribution in [1.29, 1.82) is 0 Å². The van der Waals surface area contributed by atoms with Gasteiger partial charge in [0.15, 0.2) is 11.6 Å². The van der Waals surface area contributed by atoms with E-state index in [1.54, 1.807) is 23.9 Å². The number of hydrogen-bond donors (Lipinski definition) is 1. The lowest BCUT2D eigenvalue weighted by molar-refractivity contribution is 0.632. The molecule has 88 valence electrons. The highest BCUT2D eigenvalue weighted by atomic mass is 19.1. The molecule has 3 rings (SSSR count). The number of nitrogen functional groups attached to an aromatic ring is 1. The number of hydrogen-bond acceptors (Lipinski definition) is 3. The predicted octanol–water partition coefficient (Wildman–Crippen LogP) is 2.08. The van der Waals surface area contributed by atoms with Crippen LogP contribution in [-0.2, 0) is 7.05 Å². The van der Waals surface area contributed by atoms with Crippen LogP contribution in [0.5, 0.6) is 0 Å². The van der Waals surface area contributed by atoms with E-state index in [4.69, 9.17) is 5.73 Å². The van der Waals surface area contributed by atoms with Crippen molar-refractivity contribution in [1.82, 2.24) is 14.8 Å². The second-order valence-corrected chi connectivity index (χ2v) is 4.39. The molecular weight excluding hydrogens is 219 g/mol. The third-order valence-corrected chi connectivity index (χ3v) is 3.02. The topological polar surface area (TPSA) is 56.7 Å². The maximum atomic E-state index is 13.4. The van der Waals surface area contributed by atoms with Crippen molar-refractivity contribution >= 4 is 5.69 Å². The van der Waals surface area contributed by atoms with Crippen LogP contribution >= 0.6 is 0 Å². The van der Waals surface area contributed by atoms with E-state index in [-0.39, 0.29) is 5.69 Å². The third-order valence-electron chi connectivity index (χ3n) is 3.02. The van der Waals surface area contributed by atoms with E-state index in [1.807, 2.05) is 0 Å². The quantitative estimate of drug-likeness (QED) is 0.806. The van der Waals surface area contributed by atoms with Crippen LogP contribution in [-0.4, -0.2) is 14.8 Å². The highest BCUT2D eigenvalue weighted by Crippen LogP contribution is 2.39. The Morgan fingerprint density at radius 3 is 2.88 bits per heavy atom. The number of nitrogens with two attached hydrogens (primary N) is 1. The van der Waals surface area contributed by atoms with Crippen molar-refractivity contribution < 1.29 is 4.39 Å². The molecule has 1 aliphatic carbocycles. The number of benzene rings is 1. The average molecular weight is 232 g/mol. The Kier molecular flexibility index (Phi) is 2.14. The van der Waals surface area contributed by atoms with Crippen LogP contribution in [0.3, 0.4) is 0 Å². The van der Waals surface area contributed by atoms with Crippen molar-refractivity contribution in [3.63, 3.8) is 0 Å². The molecular formula is C12H13FN4. The Morgan fingerprint density at radius 2 is 2.18 bits per heavy atom. The van der Waals surface area contributed by atoms with Gasteiger partial charge in [0.1, 0.15) is 5.82 Å². The zero-order valence-corrected chi connectivity index (χ0v) is 9.52. The lowest BCUT2D eigenvalue weighted by atomic mass is 10.1. The molecule has 0 amide bonds. The van der Waals surface area contributed by atoms with Crippen LogP contribution in [0.1, 0.15) is 24.6 Å². The molecule has 1 heterocycles. The average Bonchev–Trinajstić information content (AvgIpc) is 3.07. The van der Waals surface area contributed by atoms with Gasteiger partial charge in [0.2, 0.25) is 0 Å². The Balaban J connectivity index is 2.11. The SMILES string of the molecule is Cn1nc(C2CC2)nc1-c1cccc(F)c1N. The van der Waals surface area contributed by atoms with Crippen LogP contribution in [0.25, 0.3) is 11.4 Å². The molecule has 0 unspecified atom stereocenters. The minimum atomic E-state index is -0.418. The largest absolute Gasteiger partial charge is 0.396 e. The Hall–Kier alpha value is -1.91. The summed E-state index contributed by atoms with van der Waals surface area (Å²) in [6.07, 6.45) is 2.28. The highest BCUT2D eigenvalue weighted by molar-refractivity contribution is 5.72. The molecule has 2 N–H and O–H groups in total. The van der Waals surface area contributed by atoms with E-state index in [0.717, 1.165) is 18.7 Å². The van der Waals surface area contributed by atoms with Gasteiger partial charge in [-0.25, -0.2) is 14.1 Å². The second kappa shape index (κ2) is 3.55. The van der Waals surface area contributed by atoms with E-state index in [2.05, 4.69) is 10.1 Å². The molecule has 1 saturated carbocycles. The fourth-order valence-corrected chi connectivity index (χ4v) is 1.89. The molecule has 1 aromatic heterocycles. The molecule has 2 aromatic rings. The van der Waals surface area contributed by atoms with Gasteiger partial charge >= 0.3 is 0 Å². The summed E-state index contributed by atoms with van der Waals surface area (Å²) < 4.78 is 15.1. The monoisotopic (exact) mass is 232 g/mol. The third kappa shape index (κ3) is 1.67. The first-order valence-electron chi connectivity index (χ1n) is 5.62. The van der Waals surface area contributed by atoms with Gasteiger partial charge in [0, 0.05) is 18.5 Å². The predicted molar refractivity (Wildman–Crippen MR) is 62.8 cm³/mol. The number of aryl methyl sites for hydroxylation is 1. The summed E-state index contributed by atoms with van der Waals surface area (Å²) in [6, 6.07) is 4.74.